The maximum atomic E-state index is 12.8. The highest BCUT2D eigenvalue weighted by Crippen LogP contribution is 2.39. The quantitative estimate of drug-likeness (QED) is 0.723. The van der Waals surface area contributed by atoms with E-state index in [1.165, 1.54) is 12.1 Å². The fraction of sp³-hybridized carbons (Fsp3) is 0.125. The Labute approximate surface area is 128 Å². The summed E-state index contributed by atoms with van der Waals surface area (Å²) in [5.74, 6) is -2.36. The van der Waals surface area contributed by atoms with Crippen LogP contribution in [-0.2, 0) is 6.18 Å². The van der Waals surface area contributed by atoms with Crippen molar-refractivity contribution in [1.29, 1.82) is 0 Å². The summed E-state index contributed by atoms with van der Waals surface area (Å²) in [5.41, 5.74) is -0.622. The Bertz CT molecular complexity index is 761. The summed E-state index contributed by atoms with van der Waals surface area (Å²) < 4.78 is 38.5. The lowest BCUT2D eigenvalue weighted by Crippen LogP contribution is -2.15. The number of carbonyl (C=O) groups is 2. The molecule has 6 heteroatoms. The number of benzene rings is 2. The number of alkyl halides is 3. The number of hydrogen-bond acceptors (Lipinski definition) is 2. The van der Waals surface area contributed by atoms with Gasteiger partial charge in [-0.2, -0.15) is 13.2 Å². The monoisotopic (exact) mass is 324 g/mol. The van der Waals surface area contributed by atoms with Gasteiger partial charge in [-0.3, -0.25) is 9.59 Å². The van der Waals surface area contributed by atoms with E-state index < -0.39 is 29.2 Å². The molecule has 0 radical (unpaired) electrons. The second kappa shape index (κ2) is 4.95. The second-order valence-electron chi connectivity index (χ2n) is 4.94. The molecule has 0 N–H and O–H groups in total. The van der Waals surface area contributed by atoms with Crippen LogP contribution in [0.4, 0.5) is 13.2 Å². The zero-order valence-corrected chi connectivity index (χ0v) is 11.7. The van der Waals surface area contributed by atoms with Crippen LogP contribution >= 0.6 is 11.6 Å². The standard InChI is InChI=1S/C16H8ClF3O2/c17-12-6-5-8(16(18,19)20)7-11(12)13-14(21)9-3-1-2-4-10(9)15(13)22/h1-7,13H. The smallest absolute Gasteiger partial charge is 0.293 e. The van der Waals surface area contributed by atoms with E-state index in [-0.39, 0.29) is 21.7 Å². The molecule has 2 nitrogen and oxygen atoms in total. The molecule has 1 aliphatic rings. The molecule has 0 heterocycles. The summed E-state index contributed by atoms with van der Waals surface area (Å²) in [6.45, 7) is 0. The highest BCUT2D eigenvalue weighted by Gasteiger charge is 2.41. The summed E-state index contributed by atoms with van der Waals surface area (Å²) in [4.78, 5) is 24.7. The molecule has 0 saturated heterocycles. The van der Waals surface area contributed by atoms with E-state index in [0.29, 0.717) is 0 Å². The Kier molecular flexibility index (Phi) is 3.33. The average molecular weight is 325 g/mol. The number of halogens is 4. The van der Waals surface area contributed by atoms with E-state index in [0.717, 1.165) is 18.2 Å². The third-order valence-corrected chi connectivity index (χ3v) is 3.96. The van der Waals surface area contributed by atoms with Gasteiger partial charge in [0.1, 0.15) is 5.92 Å². The van der Waals surface area contributed by atoms with E-state index in [9.17, 15) is 22.8 Å². The molecule has 0 spiro atoms. The van der Waals surface area contributed by atoms with E-state index in [1.807, 2.05) is 0 Å². The zero-order chi connectivity index (χ0) is 16.1. The van der Waals surface area contributed by atoms with Gasteiger partial charge >= 0.3 is 6.18 Å². The number of hydrogen-bond donors (Lipinski definition) is 0. The van der Waals surface area contributed by atoms with Crippen LogP contribution < -0.4 is 0 Å². The van der Waals surface area contributed by atoms with E-state index >= 15 is 0 Å². The molecule has 112 valence electrons. The normalized spacial score (nSPS) is 15.3. The molecule has 0 aliphatic heterocycles. The van der Waals surface area contributed by atoms with Gasteiger partial charge in [0.05, 0.1) is 5.56 Å². The SMILES string of the molecule is O=C1c2ccccc2C(=O)C1c1cc(C(F)(F)F)ccc1Cl. The van der Waals surface area contributed by atoms with Crippen LogP contribution in [-0.4, -0.2) is 11.6 Å². The van der Waals surface area contributed by atoms with Crippen molar-refractivity contribution >= 4 is 23.2 Å². The summed E-state index contributed by atoms with van der Waals surface area (Å²) in [7, 11) is 0. The summed E-state index contributed by atoms with van der Waals surface area (Å²) in [6.07, 6.45) is -4.57. The van der Waals surface area contributed by atoms with Gasteiger partial charge in [0, 0.05) is 16.1 Å². The van der Waals surface area contributed by atoms with Gasteiger partial charge in [-0.25, -0.2) is 0 Å². The fourth-order valence-electron chi connectivity index (χ4n) is 2.57. The van der Waals surface area contributed by atoms with Crippen LogP contribution in [0.25, 0.3) is 0 Å². The molecule has 0 bridgehead atoms. The molecule has 0 fully saturated rings. The first-order valence-electron chi connectivity index (χ1n) is 6.35. The number of rotatable bonds is 1. The van der Waals surface area contributed by atoms with Crippen LogP contribution in [0.1, 0.15) is 37.8 Å². The number of carbonyl (C=O) groups excluding carboxylic acids is 2. The first-order chi connectivity index (χ1) is 10.3. The predicted octanol–water partition coefficient (Wildman–Crippen LogP) is 4.52. The minimum Gasteiger partial charge on any atom is -0.293 e. The Morgan fingerprint density at radius 2 is 1.45 bits per heavy atom. The first-order valence-corrected chi connectivity index (χ1v) is 6.72. The molecular formula is C16H8ClF3O2. The third kappa shape index (κ3) is 2.22. The molecule has 2 aromatic carbocycles. The van der Waals surface area contributed by atoms with Crippen LogP contribution in [0.5, 0.6) is 0 Å². The fourth-order valence-corrected chi connectivity index (χ4v) is 2.79. The van der Waals surface area contributed by atoms with Gasteiger partial charge in [0.2, 0.25) is 0 Å². The van der Waals surface area contributed by atoms with Crippen molar-refractivity contribution in [2.75, 3.05) is 0 Å². The van der Waals surface area contributed by atoms with Crippen LogP contribution in [0, 0.1) is 0 Å². The van der Waals surface area contributed by atoms with Gasteiger partial charge in [0.15, 0.2) is 11.6 Å². The molecule has 0 saturated carbocycles. The number of fused-ring (bicyclic) bond motifs is 1. The molecular weight excluding hydrogens is 317 g/mol. The van der Waals surface area contributed by atoms with Crippen molar-refractivity contribution in [2.24, 2.45) is 0 Å². The minimum absolute atomic E-state index is 0.0347. The van der Waals surface area contributed by atoms with E-state index in [1.54, 1.807) is 12.1 Å². The van der Waals surface area contributed by atoms with Gasteiger partial charge < -0.3 is 0 Å². The van der Waals surface area contributed by atoms with Crippen LogP contribution in [0.2, 0.25) is 5.02 Å². The van der Waals surface area contributed by atoms with Crippen molar-refractivity contribution in [3.05, 3.63) is 69.7 Å². The van der Waals surface area contributed by atoms with Crippen molar-refractivity contribution in [2.45, 2.75) is 12.1 Å². The number of ketones is 2. The maximum absolute atomic E-state index is 12.8. The molecule has 1 aliphatic carbocycles. The summed E-state index contributed by atoms with van der Waals surface area (Å²) in [6, 6.07) is 8.81. The largest absolute Gasteiger partial charge is 0.416 e. The van der Waals surface area contributed by atoms with E-state index in [4.69, 9.17) is 11.6 Å². The summed E-state index contributed by atoms with van der Waals surface area (Å²) >= 11 is 5.93. The Morgan fingerprint density at radius 3 is 1.95 bits per heavy atom. The zero-order valence-electron chi connectivity index (χ0n) is 10.9. The first kappa shape index (κ1) is 14.8. The van der Waals surface area contributed by atoms with Gasteiger partial charge in [-0.15, -0.1) is 0 Å². The lowest BCUT2D eigenvalue weighted by molar-refractivity contribution is -0.137. The van der Waals surface area contributed by atoms with Crippen LogP contribution in [0.15, 0.2) is 42.5 Å². The maximum Gasteiger partial charge on any atom is 0.416 e. The molecule has 0 aromatic heterocycles. The van der Waals surface area contributed by atoms with Gasteiger partial charge in [0.25, 0.3) is 0 Å². The molecule has 2 aromatic rings. The minimum atomic E-state index is -4.57. The van der Waals surface area contributed by atoms with Crippen molar-refractivity contribution in [3.8, 4) is 0 Å². The van der Waals surface area contributed by atoms with Crippen molar-refractivity contribution < 1.29 is 22.8 Å². The highest BCUT2D eigenvalue weighted by atomic mass is 35.5. The second-order valence-corrected chi connectivity index (χ2v) is 5.35. The van der Waals surface area contributed by atoms with Gasteiger partial charge in [-0.05, 0) is 23.8 Å². The lowest BCUT2D eigenvalue weighted by atomic mass is 9.92. The third-order valence-electron chi connectivity index (χ3n) is 3.62. The Hall–Kier alpha value is -2.14. The van der Waals surface area contributed by atoms with Crippen molar-refractivity contribution in [3.63, 3.8) is 0 Å². The lowest BCUT2D eigenvalue weighted by Gasteiger charge is -2.13. The van der Waals surface area contributed by atoms with Crippen molar-refractivity contribution in [1.82, 2.24) is 0 Å². The Balaban J connectivity index is 2.14. The molecule has 22 heavy (non-hydrogen) atoms. The van der Waals surface area contributed by atoms with Gasteiger partial charge in [-0.1, -0.05) is 35.9 Å². The Morgan fingerprint density at radius 1 is 0.909 bits per heavy atom. The number of Topliss-reactive ketones (excluding diaryl/α,β-unsaturated/α-hetero) is 2. The molecule has 0 unspecified atom stereocenters. The van der Waals surface area contributed by atoms with Crippen LogP contribution in [0.3, 0.4) is 0 Å². The van der Waals surface area contributed by atoms with E-state index in [2.05, 4.69) is 0 Å². The predicted molar refractivity (Wildman–Crippen MR) is 74.3 cm³/mol. The molecule has 3 rings (SSSR count). The molecule has 0 amide bonds. The average Bonchev–Trinajstić information content (AvgIpc) is 2.71. The topological polar surface area (TPSA) is 34.1 Å². The molecule has 0 atom stereocenters. The highest BCUT2D eigenvalue weighted by molar-refractivity contribution is 6.35. The summed E-state index contributed by atoms with van der Waals surface area (Å²) in [5, 5.41) is -0.0347.